The molecule has 0 amide bonds. The second kappa shape index (κ2) is 8.05. The fraction of sp³-hybridized carbons (Fsp3) is 0.500. The third kappa shape index (κ3) is 4.62. The van der Waals surface area contributed by atoms with E-state index in [0.717, 1.165) is 43.2 Å². The van der Waals surface area contributed by atoms with Crippen molar-refractivity contribution in [2.24, 2.45) is 0 Å². The summed E-state index contributed by atoms with van der Waals surface area (Å²) < 4.78 is 24.0. The lowest BCUT2D eigenvalue weighted by Gasteiger charge is -2.33. The van der Waals surface area contributed by atoms with E-state index in [1.165, 1.54) is 0 Å². The Morgan fingerprint density at radius 2 is 1.71 bits per heavy atom. The number of sulfone groups is 1. The maximum atomic E-state index is 12.4. The van der Waals surface area contributed by atoms with Gasteiger partial charge in [0, 0.05) is 38.9 Å². The molecule has 7 nitrogen and oxygen atoms in total. The number of pyridine rings is 2. The first kappa shape index (κ1) is 20.5. The summed E-state index contributed by atoms with van der Waals surface area (Å²) in [5, 5.41) is 3.37. The fourth-order valence-corrected chi connectivity index (χ4v) is 3.97. The van der Waals surface area contributed by atoms with Gasteiger partial charge >= 0.3 is 0 Å². The minimum absolute atomic E-state index is 0.101. The van der Waals surface area contributed by atoms with E-state index in [4.69, 9.17) is 0 Å². The van der Waals surface area contributed by atoms with Crippen LogP contribution < -0.4 is 10.2 Å². The van der Waals surface area contributed by atoms with Crippen molar-refractivity contribution in [1.29, 1.82) is 0 Å². The molecule has 2 aromatic heterocycles. The molecule has 3 heterocycles. The Labute approximate surface area is 167 Å². The van der Waals surface area contributed by atoms with E-state index in [1.807, 2.05) is 6.20 Å². The van der Waals surface area contributed by atoms with Crippen molar-refractivity contribution in [3.05, 3.63) is 42.2 Å². The fourth-order valence-electron chi connectivity index (χ4n) is 2.91. The number of aromatic nitrogens is 2. The Bertz CT molecular complexity index is 882. The van der Waals surface area contributed by atoms with E-state index >= 15 is 0 Å². The predicted octanol–water partition coefficient (Wildman–Crippen LogP) is 2.41. The van der Waals surface area contributed by atoms with E-state index < -0.39 is 14.6 Å². The molecule has 0 spiro atoms. The first-order valence-corrected chi connectivity index (χ1v) is 11.0. The Morgan fingerprint density at radius 1 is 1.00 bits per heavy atom. The summed E-state index contributed by atoms with van der Waals surface area (Å²) in [6.07, 6.45) is 3.44. The lowest BCUT2D eigenvalue weighted by Crippen LogP contribution is -2.44. The van der Waals surface area contributed by atoms with Crippen molar-refractivity contribution in [1.82, 2.24) is 14.9 Å². The number of rotatable bonds is 5. The van der Waals surface area contributed by atoms with Crippen LogP contribution in [-0.2, 0) is 16.4 Å². The summed E-state index contributed by atoms with van der Waals surface area (Å²) in [5.41, 5.74) is 1.83. The molecule has 0 saturated carbocycles. The summed E-state index contributed by atoms with van der Waals surface area (Å²) in [7, 11) is -1.30. The molecule has 0 unspecified atom stereocenters. The zero-order chi connectivity index (χ0) is 20.4. The summed E-state index contributed by atoms with van der Waals surface area (Å²) in [4.78, 5) is 13.3. The van der Waals surface area contributed by atoms with Gasteiger partial charge in [-0.25, -0.2) is 18.4 Å². The molecule has 28 heavy (non-hydrogen) atoms. The van der Waals surface area contributed by atoms with E-state index in [9.17, 15) is 8.42 Å². The van der Waals surface area contributed by atoms with E-state index in [2.05, 4.69) is 44.3 Å². The van der Waals surface area contributed by atoms with Gasteiger partial charge in [-0.15, -0.1) is 0 Å². The van der Waals surface area contributed by atoms with Crippen LogP contribution in [0.4, 0.5) is 11.5 Å². The number of anilines is 2. The third-order valence-electron chi connectivity index (χ3n) is 4.95. The molecule has 0 atom stereocenters. The van der Waals surface area contributed by atoms with Crippen LogP contribution in [0.3, 0.4) is 0 Å². The molecule has 0 aliphatic carbocycles. The molecule has 1 fully saturated rings. The molecule has 1 aliphatic rings. The minimum Gasteiger partial charge on any atom is -0.380 e. The van der Waals surface area contributed by atoms with Gasteiger partial charge in [0.15, 0.2) is 14.9 Å². The van der Waals surface area contributed by atoms with Crippen LogP contribution in [0, 0.1) is 0 Å². The van der Waals surface area contributed by atoms with E-state index in [0.29, 0.717) is 6.54 Å². The van der Waals surface area contributed by atoms with Crippen LogP contribution in [0.2, 0.25) is 0 Å². The third-order valence-corrected chi connectivity index (χ3v) is 7.36. The van der Waals surface area contributed by atoms with Crippen LogP contribution in [0.1, 0.15) is 26.3 Å². The monoisotopic (exact) mass is 403 g/mol. The Balaban J connectivity index is 1.58. The first-order chi connectivity index (χ1) is 13.2. The molecule has 0 radical (unpaired) electrons. The summed E-state index contributed by atoms with van der Waals surface area (Å²) in [6.45, 7) is 9.73. The summed E-state index contributed by atoms with van der Waals surface area (Å²) >= 11 is 0. The van der Waals surface area contributed by atoms with Crippen LogP contribution in [-0.4, -0.2) is 61.3 Å². The molecule has 1 N–H and O–H groups in total. The molecule has 8 heteroatoms. The molecule has 1 saturated heterocycles. The highest BCUT2D eigenvalue weighted by Crippen LogP contribution is 2.24. The van der Waals surface area contributed by atoms with Crippen molar-refractivity contribution in [3.8, 4) is 0 Å². The van der Waals surface area contributed by atoms with Gasteiger partial charge in [-0.2, -0.15) is 0 Å². The topological polar surface area (TPSA) is 78.4 Å². The lowest BCUT2D eigenvalue weighted by molar-refractivity contribution is 0.312. The largest absolute Gasteiger partial charge is 0.380 e. The smallest absolute Gasteiger partial charge is 0.200 e. The average Bonchev–Trinajstić information content (AvgIpc) is 2.67. The molecule has 0 bridgehead atoms. The van der Waals surface area contributed by atoms with Crippen LogP contribution >= 0.6 is 0 Å². The van der Waals surface area contributed by atoms with Gasteiger partial charge < -0.3 is 15.1 Å². The van der Waals surface area contributed by atoms with Crippen LogP contribution in [0.25, 0.3) is 0 Å². The Morgan fingerprint density at radius 3 is 2.25 bits per heavy atom. The Kier molecular flexibility index (Phi) is 5.90. The van der Waals surface area contributed by atoms with Crippen molar-refractivity contribution < 1.29 is 8.42 Å². The van der Waals surface area contributed by atoms with Crippen LogP contribution in [0.5, 0.6) is 0 Å². The maximum Gasteiger partial charge on any atom is 0.200 e. The van der Waals surface area contributed by atoms with Crippen molar-refractivity contribution in [2.45, 2.75) is 37.1 Å². The number of piperazine rings is 1. The van der Waals surface area contributed by atoms with Gasteiger partial charge in [0.1, 0.15) is 5.82 Å². The zero-order valence-electron chi connectivity index (χ0n) is 17.0. The van der Waals surface area contributed by atoms with Crippen molar-refractivity contribution >= 4 is 21.3 Å². The highest BCUT2D eigenvalue weighted by atomic mass is 32.2. The molecular formula is C20H29N5O2S. The summed E-state index contributed by atoms with van der Waals surface area (Å²) in [6, 6.07) is 7.42. The second-order valence-corrected chi connectivity index (χ2v) is 10.8. The molecule has 0 aromatic carbocycles. The maximum absolute atomic E-state index is 12.4. The van der Waals surface area contributed by atoms with Gasteiger partial charge in [-0.1, -0.05) is 6.07 Å². The molecule has 1 aliphatic heterocycles. The minimum atomic E-state index is -3.44. The second-order valence-electron chi connectivity index (χ2n) is 8.17. The highest BCUT2D eigenvalue weighted by Gasteiger charge is 2.31. The SMILES string of the molecule is CN1CCN(c2ccc(CNc3ccc(S(=O)(=O)C(C)(C)C)nc3)cn2)CC1. The van der Waals surface area contributed by atoms with Gasteiger partial charge in [0.25, 0.3) is 0 Å². The zero-order valence-corrected chi connectivity index (χ0v) is 17.8. The standard InChI is InChI=1S/C20H29N5O2S/c1-20(2,3)28(26,27)19-8-6-17(15-23-19)21-13-16-5-7-18(22-14-16)25-11-9-24(4)10-12-25/h5-8,14-15,21H,9-13H2,1-4H3. The number of likely N-dealkylation sites (N-methyl/N-ethyl adjacent to an activating group) is 1. The number of hydrogen-bond acceptors (Lipinski definition) is 7. The van der Waals surface area contributed by atoms with Gasteiger partial charge in [-0.05, 0) is 51.6 Å². The van der Waals surface area contributed by atoms with Gasteiger partial charge in [0.05, 0.1) is 16.6 Å². The molecular weight excluding hydrogens is 374 g/mol. The molecule has 152 valence electrons. The van der Waals surface area contributed by atoms with Crippen molar-refractivity contribution in [2.75, 3.05) is 43.4 Å². The normalized spacial score (nSPS) is 16.2. The Hall–Kier alpha value is -2.19. The number of hydrogen-bond donors (Lipinski definition) is 1. The number of nitrogens with one attached hydrogen (secondary N) is 1. The van der Waals surface area contributed by atoms with Crippen LogP contribution in [0.15, 0.2) is 41.7 Å². The molecule has 2 aromatic rings. The van der Waals surface area contributed by atoms with E-state index in [-0.39, 0.29) is 5.03 Å². The average molecular weight is 404 g/mol. The first-order valence-electron chi connectivity index (χ1n) is 9.50. The van der Waals surface area contributed by atoms with Gasteiger partial charge in [-0.3, -0.25) is 0 Å². The molecule has 3 rings (SSSR count). The quantitative estimate of drug-likeness (QED) is 0.821. The highest BCUT2D eigenvalue weighted by molar-refractivity contribution is 7.92. The lowest BCUT2D eigenvalue weighted by atomic mass is 10.2. The number of nitrogens with zero attached hydrogens (tertiary/aromatic N) is 4. The van der Waals surface area contributed by atoms with E-state index in [1.54, 1.807) is 39.1 Å². The predicted molar refractivity (Wildman–Crippen MR) is 112 cm³/mol. The summed E-state index contributed by atoms with van der Waals surface area (Å²) in [5.74, 6) is 1.01. The van der Waals surface area contributed by atoms with Crippen molar-refractivity contribution in [3.63, 3.8) is 0 Å². The van der Waals surface area contributed by atoms with Gasteiger partial charge in [0.2, 0.25) is 0 Å².